The second-order valence-corrected chi connectivity index (χ2v) is 9.70. The zero-order valence-corrected chi connectivity index (χ0v) is 20.4. The first-order valence-electron chi connectivity index (χ1n) is 12.6. The number of ether oxygens (including phenoxy) is 1. The number of carboxylic acid groups (broad SMARTS) is 2. The molecule has 0 aliphatic heterocycles. The van der Waals surface area contributed by atoms with Crippen LogP contribution in [-0.2, 0) is 19.1 Å². The van der Waals surface area contributed by atoms with Gasteiger partial charge in [-0.2, -0.15) is 0 Å². The molecule has 0 aromatic carbocycles. The fourth-order valence-electron chi connectivity index (χ4n) is 4.51. The van der Waals surface area contributed by atoms with Crippen molar-refractivity contribution < 1.29 is 29.3 Å². The van der Waals surface area contributed by atoms with Crippen LogP contribution in [0.5, 0.6) is 0 Å². The molecule has 32 heavy (non-hydrogen) atoms. The second kappa shape index (κ2) is 15.1. The molecule has 0 radical (unpaired) electrons. The number of aliphatic carboxylic acids is 2. The molecule has 1 saturated carbocycles. The molecular formula is C26H44O6. The summed E-state index contributed by atoms with van der Waals surface area (Å²) >= 11 is 0. The second-order valence-electron chi connectivity index (χ2n) is 9.70. The summed E-state index contributed by atoms with van der Waals surface area (Å²) in [6.45, 7) is 6.59. The summed E-state index contributed by atoms with van der Waals surface area (Å²) < 4.78 is 5.50. The van der Waals surface area contributed by atoms with E-state index in [1.807, 2.05) is 13.8 Å². The minimum absolute atomic E-state index is 0.232. The predicted octanol–water partition coefficient (Wildman–Crippen LogP) is 6.38. The molecular weight excluding hydrogens is 408 g/mol. The van der Waals surface area contributed by atoms with E-state index >= 15 is 0 Å². The molecule has 1 aliphatic carbocycles. The van der Waals surface area contributed by atoms with Crippen molar-refractivity contribution in [1.82, 2.24) is 0 Å². The standard InChI is InChI=1S/C26H44O6/c1-4-5-6-7-8-9-10-13-18-32-24(29)21(16-15-20(2)3)19-26(25(30)31)17-12-11-14-22(26)23(27)28/h19-20,22H,4-18H2,1-3H3,(H,27,28)(H,30,31). The van der Waals surface area contributed by atoms with Gasteiger partial charge < -0.3 is 14.9 Å². The normalized spacial score (nSPS) is 21.5. The van der Waals surface area contributed by atoms with Gasteiger partial charge in [-0.05, 0) is 38.0 Å². The first-order chi connectivity index (χ1) is 15.2. The van der Waals surface area contributed by atoms with E-state index in [0.29, 0.717) is 50.2 Å². The van der Waals surface area contributed by atoms with Gasteiger partial charge >= 0.3 is 17.9 Å². The first-order valence-corrected chi connectivity index (χ1v) is 12.6. The van der Waals surface area contributed by atoms with Crippen molar-refractivity contribution in [3.63, 3.8) is 0 Å². The van der Waals surface area contributed by atoms with Crippen molar-refractivity contribution in [2.75, 3.05) is 6.61 Å². The molecule has 2 N–H and O–H groups in total. The quantitative estimate of drug-likeness (QED) is 0.160. The summed E-state index contributed by atoms with van der Waals surface area (Å²) in [5.41, 5.74) is -1.23. The Morgan fingerprint density at radius 3 is 2.19 bits per heavy atom. The summed E-state index contributed by atoms with van der Waals surface area (Å²) in [4.78, 5) is 36.9. The van der Waals surface area contributed by atoms with Crippen molar-refractivity contribution >= 4 is 17.9 Å². The molecule has 2 unspecified atom stereocenters. The van der Waals surface area contributed by atoms with E-state index in [1.165, 1.54) is 38.2 Å². The Morgan fingerprint density at radius 2 is 1.62 bits per heavy atom. The number of unbranched alkanes of at least 4 members (excludes halogenated alkanes) is 7. The zero-order valence-electron chi connectivity index (χ0n) is 20.4. The number of rotatable bonds is 16. The number of carboxylic acids is 2. The monoisotopic (exact) mass is 452 g/mol. The fraction of sp³-hybridized carbons (Fsp3) is 0.808. The molecule has 1 aliphatic rings. The Hall–Kier alpha value is -1.85. The SMILES string of the molecule is CCCCCCCCCCOC(=O)C(=CC1(C(=O)O)CCCCC1C(=O)O)CCC(C)C. The lowest BCUT2D eigenvalue weighted by Crippen LogP contribution is -2.44. The Balaban J connectivity index is 2.80. The van der Waals surface area contributed by atoms with Crippen LogP contribution in [-0.4, -0.2) is 34.7 Å². The van der Waals surface area contributed by atoms with Crippen LogP contribution >= 0.6 is 0 Å². The molecule has 0 bridgehead atoms. The lowest BCUT2D eigenvalue weighted by molar-refractivity contribution is -0.161. The van der Waals surface area contributed by atoms with Gasteiger partial charge in [0.05, 0.1) is 17.9 Å². The highest BCUT2D eigenvalue weighted by Crippen LogP contribution is 2.44. The maximum atomic E-state index is 12.8. The van der Waals surface area contributed by atoms with Crippen LogP contribution in [0.2, 0.25) is 0 Å². The Kier molecular flexibility index (Phi) is 13.3. The van der Waals surface area contributed by atoms with E-state index in [4.69, 9.17) is 4.74 Å². The highest BCUT2D eigenvalue weighted by molar-refractivity contribution is 5.92. The van der Waals surface area contributed by atoms with Gasteiger partial charge in [0.25, 0.3) is 0 Å². The molecule has 0 aromatic rings. The lowest BCUT2D eigenvalue weighted by Gasteiger charge is -2.36. The van der Waals surface area contributed by atoms with Gasteiger partial charge in [0, 0.05) is 5.57 Å². The predicted molar refractivity (Wildman–Crippen MR) is 125 cm³/mol. The molecule has 0 spiro atoms. The molecule has 6 heteroatoms. The van der Waals surface area contributed by atoms with E-state index in [9.17, 15) is 24.6 Å². The van der Waals surface area contributed by atoms with Gasteiger partial charge in [-0.3, -0.25) is 9.59 Å². The molecule has 6 nitrogen and oxygen atoms in total. The van der Waals surface area contributed by atoms with E-state index in [2.05, 4.69) is 6.92 Å². The van der Waals surface area contributed by atoms with Crippen LogP contribution in [0.4, 0.5) is 0 Å². The number of hydrogen-bond acceptors (Lipinski definition) is 4. The fourth-order valence-corrected chi connectivity index (χ4v) is 4.51. The van der Waals surface area contributed by atoms with Gasteiger partial charge in [-0.25, -0.2) is 4.79 Å². The molecule has 0 aromatic heterocycles. The summed E-state index contributed by atoms with van der Waals surface area (Å²) in [7, 11) is 0. The van der Waals surface area contributed by atoms with E-state index in [1.54, 1.807) is 0 Å². The average molecular weight is 453 g/mol. The summed E-state index contributed by atoms with van der Waals surface area (Å²) in [5.74, 6) is -3.46. The third kappa shape index (κ3) is 9.33. The Bertz CT molecular complexity index is 624. The van der Waals surface area contributed by atoms with Crippen molar-refractivity contribution in [3.05, 3.63) is 11.6 Å². The molecule has 0 saturated heterocycles. The lowest BCUT2D eigenvalue weighted by atomic mass is 9.65. The average Bonchev–Trinajstić information content (AvgIpc) is 2.75. The summed E-state index contributed by atoms with van der Waals surface area (Å²) in [6.07, 6.45) is 13.6. The number of esters is 1. The highest BCUT2D eigenvalue weighted by Gasteiger charge is 2.50. The van der Waals surface area contributed by atoms with E-state index < -0.39 is 29.2 Å². The van der Waals surface area contributed by atoms with Gasteiger partial charge in [0.2, 0.25) is 0 Å². The summed E-state index contributed by atoms with van der Waals surface area (Å²) in [6, 6.07) is 0. The maximum Gasteiger partial charge on any atom is 0.333 e. The summed E-state index contributed by atoms with van der Waals surface area (Å²) in [5, 5.41) is 19.7. The highest BCUT2D eigenvalue weighted by atomic mass is 16.5. The van der Waals surface area contributed by atoms with Crippen LogP contribution in [0.1, 0.15) is 111 Å². The van der Waals surface area contributed by atoms with E-state index in [-0.39, 0.29) is 6.42 Å². The minimum Gasteiger partial charge on any atom is -0.481 e. The van der Waals surface area contributed by atoms with Crippen molar-refractivity contribution in [2.45, 2.75) is 111 Å². The van der Waals surface area contributed by atoms with Gasteiger partial charge in [0.1, 0.15) is 0 Å². The topological polar surface area (TPSA) is 101 Å². The van der Waals surface area contributed by atoms with Crippen LogP contribution in [0.3, 0.4) is 0 Å². The minimum atomic E-state index is -1.55. The molecule has 184 valence electrons. The van der Waals surface area contributed by atoms with E-state index in [0.717, 1.165) is 19.3 Å². The third-order valence-corrected chi connectivity index (χ3v) is 6.57. The van der Waals surface area contributed by atoms with Crippen molar-refractivity contribution in [1.29, 1.82) is 0 Å². The van der Waals surface area contributed by atoms with Crippen LogP contribution in [0.25, 0.3) is 0 Å². The Labute approximate surface area is 193 Å². The van der Waals surface area contributed by atoms with Gasteiger partial charge in [0.15, 0.2) is 0 Å². The van der Waals surface area contributed by atoms with Crippen LogP contribution in [0, 0.1) is 17.3 Å². The number of carbonyl (C=O) groups excluding carboxylic acids is 1. The van der Waals surface area contributed by atoms with Crippen LogP contribution < -0.4 is 0 Å². The van der Waals surface area contributed by atoms with Crippen molar-refractivity contribution in [2.24, 2.45) is 17.3 Å². The smallest absolute Gasteiger partial charge is 0.333 e. The van der Waals surface area contributed by atoms with Crippen LogP contribution in [0.15, 0.2) is 11.6 Å². The number of carbonyl (C=O) groups is 3. The number of hydrogen-bond donors (Lipinski definition) is 2. The molecule has 1 rings (SSSR count). The first kappa shape index (κ1) is 28.2. The van der Waals surface area contributed by atoms with Crippen molar-refractivity contribution in [3.8, 4) is 0 Å². The molecule has 0 heterocycles. The molecule has 0 amide bonds. The Morgan fingerprint density at radius 1 is 1.00 bits per heavy atom. The molecule has 2 atom stereocenters. The van der Waals surface area contributed by atoms with Gasteiger partial charge in [-0.1, -0.05) is 84.6 Å². The third-order valence-electron chi connectivity index (χ3n) is 6.57. The largest absolute Gasteiger partial charge is 0.481 e. The molecule has 1 fully saturated rings. The zero-order chi connectivity index (χ0) is 24.0. The van der Waals surface area contributed by atoms with Gasteiger partial charge in [-0.15, -0.1) is 0 Å². The maximum absolute atomic E-state index is 12.8.